The van der Waals surface area contributed by atoms with E-state index in [4.69, 9.17) is 37.9 Å². The van der Waals surface area contributed by atoms with Crippen LogP contribution in [-0.4, -0.2) is 51.8 Å². The lowest BCUT2D eigenvalue weighted by molar-refractivity contribution is -0.147. The van der Waals surface area contributed by atoms with Crippen LogP contribution in [0.4, 0.5) is 17.1 Å². The first-order chi connectivity index (χ1) is 37.4. The number of benzene rings is 3. The zero-order valence-corrected chi connectivity index (χ0v) is 49.2. The number of unbranched alkanes of at least 4 members (excludes halogenated alkanes) is 20. The second-order valence-electron chi connectivity index (χ2n) is 22.1. The molecule has 0 saturated heterocycles. The van der Waals surface area contributed by atoms with Gasteiger partial charge in [-0.1, -0.05) is 250 Å². The molecule has 2 atom stereocenters. The Morgan fingerprint density at radius 2 is 0.923 bits per heavy atom. The molecule has 0 saturated carbocycles. The van der Waals surface area contributed by atoms with Gasteiger partial charge in [-0.05, 0) is 85.8 Å². The Balaban J connectivity index is 0.000000520. The number of carbonyl (C=O) groups is 4. The molecule has 0 bridgehead atoms. The first kappa shape index (κ1) is 70.4. The maximum Gasteiger partial charge on any atom is 0.340 e. The number of carboxylic acids is 3. The number of para-hydroxylation sites is 3. The molecule has 0 aromatic heterocycles. The minimum atomic E-state index is -0.948. The summed E-state index contributed by atoms with van der Waals surface area (Å²) < 4.78 is 5.22. The van der Waals surface area contributed by atoms with Gasteiger partial charge in [-0.25, -0.2) is 14.4 Å². The van der Waals surface area contributed by atoms with E-state index in [9.17, 15) is 24.3 Å². The van der Waals surface area contributed by atoms with Crippen LogP contribution in [0.5, 0.6) is 0 Å². The van der Waals surface area contributed by atoms with Gasteiger partial charge in [0.1, 0.15) is 5.41 Å². The summed E-state index contributed by atoms with van der Waals surface area (Å²) in [5.41, 5.74) is 26.8. The Morgan fingerprint density at radius 1 is 0.513 bits per heavy atom. The van der Waals surface area contributed by atoms with Crippen molar-refractivity contribution in [1.82, 2.24) is 0 Å². The van der Waals surface area contributed by atoms with Crippen LogP contribution in [0.1, 0.15) is 257 Å². The molecule has 0 heterocycles. The Morgan fingerprint density at radius 3 is 1.35 bits per heavy atom. The first-order valence-electron chi connectivity index (χ1n) is 30.0. The van der Waals surface area contributed by atoms with Gasteiger partial charge in [0.2, 0.25) is 0 Å². The maximum absolute atomic E-state index is 11.7. The smallest absolute Gasteiger partial charge is 0.340 e. The molecular weight excluding hydrogens is 977 g/mol. The number of allylic oxidation sites excluding steroid dienone is 2. The van der Waals surface area contributed by atoms with E-state index in [1.54, 1.807) is 60.7 Å². The van der Waals surface area contributed by atoms with E-state index >= 15 is 0 Å². The molecule has 0 radical (unpaired) electrons. The summed E-state index contributed by atoms with van der Waals surface area (Å²) in [4.78, 5) is 45.3. The van der Waals surface area contributed by atoms with Gasteiger partial charge in [0.25, 0.3) is 0 Å². The monoisotopic (exact) mass is 1080 g/mol. The Hall–Kier alpha value is -5.62. The zero-order valence-electron chi connectivity index (χ0n) is 49.2. The highest BCUT2D eigenvalue weighted by Crippen LogP contribution is 2.34. The molecule has 78 heavy (non-hydrogen) atoms. The average Bonchev–Trinajstić information content (AvgIpc) is 3.43. The lowest BCUT2D eigenvalue weighted by Crippen LogP contribution is -2.46. The molecule has 11 N–H and O–H groups in total. The van der Waals surface area contributed by atoms with Crippen LogP contribution < -0.4 is 22.9 Å². The van der Waals surface area contributed by atoms with Gasteiger partial charge in [0.15, 0.2) is 0 Å². The van der Waals surface area contributed by atoms with Gasteiger partial charge in [-0.15, -0.1) is 0 Å². The van der Waals surface area contributed by atoms with E-state index in [0.29, 0.717) is 35.7 Å². The Labute approximate surface area is 471 Å². The molecule has 1 aliphatic carbocycles. The van der Waals surface area contributed by atoms with Gasteiger partial charge in [0.05, 0.1) is 23.3 Å². The van der Waals surface area contributed by atoms with Gasteiger partial charge in [0, 0.05) is 23.1 Å². The second kappa shape index (κ2) is 43.3. The van der Waals surface area contributed by atoms with Crippen molar-refractivity contribution in [1.29, 1.82) is 0 Å². The minimum Gasteiger partial charge on any atom is -0.481 e. The van der Waals surface area contributed by atoms with Crippen molar-refractivity contribution in [3.05, 3.63) is 113 Å². The number of carboxylic acid groups (broad SMARTS) is 3. The van der Waals surface area contributed by atoms with E-state index in [-0.39, 0.29) is 17.1 Å². The number of hydrogen-bond acceptors (Lipinski definition) is 9. The molecule has 12 nitrogen and oxygen atoms in total. The molecule has 0 fully saturated rings. The molecule has 3 aromatic carbocycles. The average molecular weight is 1080 g/mol. The van der Waals surface area contributed by atoms with Crippen molar-refractivity contribution in [2.24, 2.45) is 23.0 Å². The number of esters is 1. The van der Waals surface area contributed by atoms with Crippen LogP contribution in [0.3, 0.4) is 0 Å². The summed E-state index contributed by atoms with van der Waals surface area (Å²) >= 11 is 0. The van der Waals surface area contributed by atoms with Gasteiger partial charge in [-0.2, -0.15) is 0 Å². The number of nitrogens with two attached hydrogens (primary N) is 4. The van der Waals surface area contributed by atoms with Crippen molar-refractivity contribution >= 4 is 40.9 Å². The summed E-state index contributed by atoms with van der Waals surface area (Å²) in [5, 5.41) is 27.5. The fourth-order valence-electron chi connectivity index (χ4n) is 9.46. The molecule has 0 spiro atoms. The van der Waals surface area contributed by atoms with E-state index in [2.05, 4.69) is 41.5 Å². The zero-order chi connectivity index (χ0) is 58.0. The van der Waals surface area contributed by atoms with Crippen LogP contribution in [0, 0.1) is 17.3 Å². The molecule has 12 heteroatoms. The number of nitrogen functional groups attached to an aromatic ring is 3. The highest BCUT2D eigenvalue weighted by Gasteiger charge is 2.41. The summed E-state index contributed by atoms with van der Waals surface area (Å²) in [5.74, 6) is -1.45. The Bertz CT molecular complexity index is 2170. The van der Waals surface area contributed by atoms with Crippen molar-refractivity contribution in [3.8, 4) is 0 Å². The highest BCUT2D eigenvalue weighted by molar-refractivity contribution is 5.95. The van der Waals surface area contributed by atoms with Gasteiger partial charge in [-0.3, -0.25) is 4.79 Å². The summed E-state index contributed by atoms with van der Waals surface area (Å²) in [6, 6.07) is 17.1. The third-order valence-electron chi connectivity index (χ3n) is 14.5. The molecule has 438 valence electrons. The van der Waals surface area contributed by atoms with E-state index in [1.165, 1.54) is 128 Å². The fraction of sp³-hybridized carbons (Fsp3) is 0.606. The number of ether oxygens (including phenoxy) is 1. The predicted octanol–water partition coefficient (Wildman–Crippen LogP) is 16.8. The predicted molar refractivity (Wildman–Crippen MR) is 326 cm³/mol. The number of hydrogen-bond donors (Lipinski definition) is 7. The molecule has 4 rings (SSSR count). The van der Waals surface area contributed by atoms with Crippen LogP contribution in [-0.2, 0) is 22.4 Å². The second-order valence-corrected chi connectivity index (χ2v) is 22.1. The van der Waals surface area contributed by atoms with Crippen LogP contribution >= 0.6 is 0 Å². The highest BCUT2D eigenvalue weighted by atomic mass is 16.5. The molecule has 3 aromatic rings. The largest absolute Gasteiger partial charge is 0.481 e. The fourth-order valence-corrected chi connectivity index (χ4v) is 9.46. The van der Waals surface area contributed by atoms with Crippen molar-refractivity contribution in [2.45, 2.75) is 234 Å². The van der Waals surface area contributed by atoms with Crippen molar-refractivity contribution in [3.63, 3.8) is 0 Å². The van der Waals surface area contributed by atoms with E-state index in [1.807, 2.05) is 24.3 Å². The summed E-state index contributed by atoms with van der Waals surface area (Å²) in [6.07, 6.45) is 41.4. The first-order valence-corrected chi connectivity index (χ1v) is 30.0. The van der Waals surface area contributed by atoms with E-state index < -0.39 is 29.4 Å². The summed E-state index contributed by atoms with van der Waals surface area (Å²) in [7, 11) is 0. The van der Waals surface area contributed by atoms with Crippen molar-refractivity contribution in [2.75, 3.05) is 23.8 Å². The minimum absolute atomic E-state index is 0.220. The lowest BCUT2D eigenvalue weighted by Gasteiger charge is -2.32. The number of aliphatic carboxylic acids is 1. The number of anilines is 3. The third kappa shape index (κ3) is 30.5. The van der Waals surface area contributed by atoms with Crippen LogP contribution in [0.15, 0.2) is 85.0 Å². The molecular formula is C66H106N4O8. The molecule has 0 amide bonds. The number of aryl methyl sites for hydroxylation is 2. The Kier molecular flexibility index (Phi) is 39.1. The van der Waals surface area contributed by atoms with E-state index in [0.717, 1.165) is 74.3 Å². The lowest BCUT2D eigenvalue weighted by atomic mass is 9.74. The van der Waals surface area contributed by atoms with Crippen LogP contribution in [0.2, 0.25) is 0 Å². The van der Waals surface area contributed by atoms with Gasteiger partial charge < -0.3 is 43.0 Å². The quantitative estimate of drug-likeness (QED) is 0.0163. The number of aromatic carboxylic acids is 2. The summed E-state index contributed by atoms with van der Waals surface area (Å²) in [6.45, 7) is 13.9. The van der Waals surface area contributed by atoms with Gasteiger partial charge >= 0.3 is 23.9 Å². The molecule has 2 unspecified atom stereocenters. The van der Waals surface area contributed by atoms with Crippen molar-refractivity contribution < 1.29 is 39.2 Å². The normalized spacial score (nSPS) is 14.4. The third-order valence-corrected chi connectivity index (χ3v) is 14.5. The maximum atomic E-state index is 11.7. The topological polar surface area (TPSA) is 242 Å². The molecule has 0 aliphatic heterocycles. The molecule has 1 aliphatic rings. The number of rotatable bonds is 36. The van der Waals surface area contributed by atoms with Crippen LogP contribution in [0.25, 0.3) is 0 Å². The standard InChI is InChI=1S/C17H29NO2.C17H27NO2.2C16H25NO2/c1-2-3-4-5-6-7-8-10-13-17(16(19)20)14-11-9-12-15(17)18;1-2-3-4-5-6-7-8-9-11-14-12-10-13-15(16(14)18)17(19)20;1-13(2)9-5-3-4-8-12-19-16(18)14-10-6-7-11-15(14)17;1-12(2)8-5-3-4-6-9-13-10-7-11-14(15(13)17)16(18)19/h9,11-12,14-15H,2-8,10,13,18H2,1H3,(H,19,20);10,12-13H,2-9,11,18H2,1H3,(H,19,20);6-7,10-11,13H,3-5,8-9,12,17H2,1-2H3;7,10-12H,3-6,8-9,17H2,1-2H3,(H,18,19). The SMILES string of the molecule is CC(C)CCCCCCOC(=O)c1ccccc1N.CC(C)CCCCCCc1cccc(C(=O)O)c1N.CCCCCCCCCCC1(C(=O)O)C=CC=CC1N.CCCCCCCCCCc1cccc(C(=O)O)c1N. The number of carbonyl (C=O) groups excluding carboxylic acids is 1.